The van der Waals surface area contributed by atoms with Crippen molar-refractivity contribution in [1.82, 2.24) is 9.97 Å². The summed E-state index contributed by atoms with van der Waals surface area (Å²) in [5.74, 6) is 2.50. The molecule has 1 aromatic carbocycles. The van der Waals surface area contributed by atoms with Gasteiger partial charge in [0, 0.05) is 31.5 Å². The molecule has 1 aliphatic rings. The number of rotatable bonds is 4. The standard InChI is InChI=1S/C18H23N3O2/c1-18(13-22)8-11-21(12-9-18)16-7-10-19-17(20-16)14-3-5-15(23-2)6-4-14/h3-7,10,22H,8-9,11-13H2,1-2H3. The molecule has 0 amide bonds. The number of aromatic nitrogens is 2. The van der Waals surface area contributed by atoms with Gasteiger partial charge in [0.15, 0.2) is 5.82 Å². The quantitative estimate of drug-likeness (QED) is 0.940. The van der Waals surface area contributed by atoms with Gasteiger partial charge in [0.25, 0.3) is 0 Å². The van der Waals surface area contributed by atoms with Crippen LogP contribution in [0.4, 0.5) is 5.82 Å². The van der Waals surface area contributed by atoms with Crippen molar-refractivity contribution in [2.75, 3.05) is 31.7 Å². The number of hydrogen-bond acceptors (Lipinski definition) is 5. The highest BCUT2D eigenvalue weighted by Gasteiger charge is 2.29. The number of benzene rings is 1. The molecule has 0 aliphatic carbocycles. The van der Waals surface area contributed by atoms with E-state index in [4.69, 9.17) is 9.72 Å². The van der Waals surface area contributed by atoms with Gasteiger partial charge in [0.1, 0.15) is 11.6 Å². The van der Waals surface area contributed by atoms with Gasteiger partial charge in [-0.1, -0.05) is 6.92 Å². The Balaban J connectivity index is 1.77. The third kappa shape index (κ3) is 3.45. The number of nitrogens with zero attached hydrogens (tertiary/aromatic N) is 3. The normalized spacial score (nSPS) is 17.1. The molecule has 5 heteroatoms. The molecule has 1 saturated heterocycles. The van der Waals surface area contributed by atoms with Crippen molar-refractivity contribution in [2.45, 2.75) is 19.8 Å². The second kappa shape index (κ2) is 6.54. The highest BCUT2D eigenvalue weighted by atomic mass is 16.5. The van der Waals surface area contributed by atoms with E-state index in [2.05, 4.69) is 16.8 Å². The number of aliphatic hydroxyl groups is 1. The van der Waals surface area contributed by atoms with E-state index in [1.165, 1.54) is 0 Å². The number of methoxy groups -OCH3 is 1. The Morgan fingerprint density at radius 2 is 1.87 bits per heavy atom. The number of hydrogen-bond donors (Lipinski definition) is 1. The zero-order valence-corrected chi connectivity index (χ0v) is 13.7. The topological polar surface area (TPSA) is 58.5 Å². The molecule has 1 aromatic heterocycles. The Kier molecular flexibility index (Phi) is 4.48. The summed E-state index contributed by atoms with van der Waals surface area (Å²) in [6.45, 7) is 4.22. The summed E-state index contributed by atoms with van der Waals surface area (Å²) >= 11 is 0. The molecular formula is C18H23N3O2. The zero-order chi connectivity index (χ0) is 16.3. The van der Waals surface area contributed by atoms with Crippen LogP contribution in [0.5, 0.6) is 5.75 Å². The first-order valence-corrected chi connectivity index (χ1v) is 7.97. The van der Waals surface area contributed by atoms with Crippen LogP contribution in [0.15, 0.2) is 36.5 Å². The highest BCUT2D eigenvalue weighted by Crippen LogP contribution is 2.32. The van der Waals surface area contributed by atoms with Crippen molar-refractivity contribution >= 4 is 5.82 Å². The van der Waals surface area contributed by atoms with Crippen LogP contribution in [0, 0.1) is 5.41 Å². The molecule has 0 spiro atoms. The summed E-state index contributed by atoms with van der Waals surface area (Å²) < 4.78 is 5.18. The van der Waals surface area contributed by atoms with Gasteiger partial charge in [-0.25, -0.2) is 9.97 Å². The summed E-state index contributed by atoms with van der Waals surface area (Å²) in [7, 11) is 1.66. The van der Waals surface area contributed by atoms with E-state index >= 15 is 0 Å². The third-order valence-electron chi connectivity index (χ3n) is 4.67. The maximum Gasteiger partial charge on any atom is 0.161 e. The van der Waals surface area contributed by atoms with Crippen molar-refractivity contribution in [3.63, 3.8) is 0 Å². The monoisotopic (exact) mass is 313 g/mol. The van der Waals surface area contributed by atoms with Crippen molar-refractivity contribution in [3.8, 4) is 17.1 Å². The molecule has 0 radical (unpaired) electrons. The van der Waals surface area contributed by atoms with Crippen molar-refractivity contribution in [2.24, 2.45) is 5.41 Å². The summed E-state index contributed by atoms with van der Waals surface area (Å²) in [6, 6.07) is 9.72. The van der Waals surface area contributed by atoms with Crippen LogP contribution in [-0.2, 0) is 0 Å². The lowest BCUT2D eigenvalue weighted by Crippen LogP contribution is -2.40. The highest BCUT2D eigenvalue weighted by molar-refractivity contribution is 5.58. The SMILES string of the molecule is COc1ccc(-c2nccc(N3CCC(C)(CO)CC3)n2)cc1. The maximum atomic E-state index is 9.49. The minimum atomic E-state index is 0.0440. The third-order valence-corrected chi connectivity index (χ3v) is 4.67. The van der Waals surface area contributed by atoms with Crippen LogP contribution in [0.3, 0.4) is 0 Å². The first-order chi connectivity index (χ1) is 11.1. The number of ether oxygens (including phenoxy) is 1. The molecule has 0 bridgehead atoms. The Bertz CT molecular complexity index is 650. The molecule has 122 valence electrons. The molecule has 0 atom stereocenters. The van der Waals surface area contributed by atoms with E-state index in [1.54, 1.807) is 7.11 Å². The van der Waals surface area contributed by atoms with Crippen LogP contribution in [0.1, 0.15) is 19.8 Å². The summed E-state index contributed by atoms with van der Waals surface area (Å²) in [6.07, 6.45) is 3.76. The zero-order valence-electron chi connectivity index (χ0n) is 13.7. The first-order valence-electron chi connectivity index (χ1n) is 7.97. The Morgan fingerprint density at radius 1 is 1.17 bits per heavy atom. The van der Waals surface area contributed by atoms with Crippen molar-refractivity contribution in [1.29, 1.82) is 0 Å². The second-order valence-corrected chi connectivity index (χ2v) is 6.42. The lowest BCUT2D eigenvalue weighted by Gasteiger charge is -2.38. The van der Waals surface area contributed by atoms with Gasteiger partial charge < -0.3 is 14.7 Å². The maximum absolute atomic E-state index is 9.49. The molecule has 2 aromatic rings. The van der Waals surface area contributed by atoms with E-state index in [1.807, 2.05) is 36.5 Å². The van der Waals surface area contributed by atoms with Crippen LogP contribution < -0.4 is 9.64 Å². The summed E-state index contributed by atoms with van der Waals surface area (Å²) in [4.78, 5) is 11.4. The molecule has 2 heterocycles. The minimum absolute atomic E-state index is 0.0440. The van der Waals surface area contributed by atoms with Crippen LogP contribution in [0.25, 0.3) is 11.4 Å². The largest absolute Gasteiger partial charge is 0.497 e. The lowest BCUT2D eigenvalue weighted by atomic mass is 9.81. The van der Waals surface area contributed by atoms with Crippen molar-refractivity contribution < 1.29 is 9.84 Å². The van der Waals surface area contributed by atoms with Gasteiger partial charge in [0.2, 0.25) is 0 Å². The van der Waals surface area contributed by atoms with E-state index in [9.17, 15) is 5.11 Å². The molecule has 1 fully saturated rings. The van der Waals surface area contributed by atoms with Gasteiger partial charge in [-0.2, -0.15) is 0 Å². The van der Waals surface area contributed by atoms with Crippen LogP contribution in [0.2, 0.25) is 0 Å². The first kappa shape index (κ1) is 15.7. The van der Waals surface area contributed by atoms with Crippen LogP contribution in [-0.4, -0.2) is 41.9 Å². The van der Waals surface area contributed by atoms with Crippen molar-refractivity contribution in [3.05, 3.63) is 36.5 Å². The predicted molar refractivity (Wildman–Crippen MR) is 90.7 cm³/mol. The Labute approximate surface area is 137 Å². The number of piperidine rings is 1. The fourth-order valence-corrected chi connectivity index (χ4v) is 2.84. The van der Waals surface area contributed by atoms with Crippen LogP contribution >= 0.6 is 0 Å². The van der Waals surface area contributed by atoms with Gasteiger partial charge in [-0.05, 0) is 48.6 Å². The van der Waals surface area contributed by atoms with Gasteiger partial charge in [-0.3, -0.25) is 0 Å². The summed E-state index contributed by atoms with van der Waals surface area (Å²) in [5, 5.41) is 9.49. The fourth-order valence-electron chi connectivity index (χ4n) is 2.84. The smallest absolute Gasteiger partial charge is 0.161 e. The van der Waals surface area contributed by atoms with E-state index in [0.717, 1.165) is 48.9 Å². The average molecular weight is 313 g/mol. The van der Waals surface area contributed by atoms with E-state index in [0.29, 0.717) is 0 Å². The second-order valence-electron chi connectivity index (χ2n) is 6.42. The van der Waals surface area contributed by atoms with Gasteiger partial charge in [-0.15, -0.1) is 0 Å². The average Bonchev–Trinajstić information content (AvgIpc) is 2.62. The van der Waals surface area contributed by atoms with E-state index in [-0.39, 0.29) is 12.0 Å². The molecule has 5 nitrogen and oxygen atoms in total. The molecule has 1 N–H and O–H groups in total. The molecule has 1 aliphatic heterocycles. The molecule has 23 heavy (non-hydrogen) atoms. The minimum Gasteiger partial charge on any atom is -0.497 e. The van der Waals surface area contributed by atoms with E-state index < -0.39 is 0 Å². The van der Waals surface area contributed by atoms with Gasteiger partial charge in [0.05, 0.1) is 7.11 Å². The number of aliphatic hydroxyl groups excluding tert-OH is 1. The number of anilines is 1. The lowest BCUT2D eigenvalue weighted by molar-refractivity contribution is 0.114. The molecule has 0 saturated carbocycles. The predicted octanol–water partition coefficient (Wildman–Crippen LogP) is 2.75. The molecule has 0 unspecified atom stereocenters. The molecular weight excluding hydrogens is 290 g/mol. The fraction of sp³-hybridized carbons (Fsp3) is 0.444. The Hall–Kier alpha value is -2.14. The summed E-state index contributed by atoms with van der Waals surface area (Å²) in [5.41, 5.74) is 1.02. The van der Waals surface area contributed by atoms with Gasteiger partial charge >= 0.3 is 0 Å². The molecule has 3 rings (SSSR count). The Morgan fingerprint density at radius 3 is 2.48 bits per heavy atom.